The first-order chi connectivity index (χ1) is 12.3. The summed E-state index contributed by atoms with van der Waals surface area (Å²) in [5.74, 6) is 1.40. The first-order valence-corrected chi connectivity index (χ1v) is 9.04. The van der Waals surface area contributed by atoms with Gasteiger partial charge >= 0.3 is 0 Å². The second kappa shape index (κ2) is 8.85. The second-order valence-corrected chi connectivity index (χ2v) is 6.55. The van der Waals surface area contributed by atoms with E-state index < -0.39 is 0 Å². The van der Waals surface area contributed by atoms with Crippen LogP contribution in [-0.2, 0) is 11.2 Å². The van der Waals surface area contributed by atoms with Crippen LogP contribution in [0.1, 0.15) is 24.8 Å². The number of rotatable bonds is 9. The summed E-state index contributed by atoms with van der Waals surface area (Å²) >= 11 is 0. The SMILES string of the molecule is CN=C(NCCCOCC1CC1)NCCc1c[nH]c2cc(F)ccc12. The molecule has 6 heteroatoms. The van der Waals surface area contributed by atoms with E-state index in [1.54, 1.807) is 7.05 Å². The third-order valence-corrected chi connectivity index (χ3v) is 4.45. The molecule has 5 nitrogen and oxygen atoms in total. The zero-order chi connectivity index (χ0) is 17.5. The van der Waals surface area contributed by atoms with E-state index in [0.29, 0.717) is 0 Å². The molecule has 1 aliphatic carbocycles. The lowest BCUT2D eigenvalue weighted by molar-refractivity contribution is 0.123. The Kier molecular flexibility index (Phi) is 6.28. The molecule has 3 rings (SSSR count). The molecular weight excluding hydrogens is 319 g/mol. The highest BCUT2D eigenvalue weighted by atomic mass is 19.1. The van der Waals surface area contributed by atoms with Crippen molar-refractivity contribution < 1.29 is 9.13 Å². The molecule has 136 valence electrons. The maximum absolute atomic E-state index is 13.2. The maximum Gasteiger partial charge on any atom is 0.190 e. The number of fused-ring (bicyclic) bond motifs is 1. The Morgan fingerprint density at radius 1 is 1.32 bits per heavy atom. The van der Waals surface area contributed by atoms with E-state index in [1.165, 1.54) is 30.5 Å². The molecule has 1 aliphatic rings. The zero-order valence-electron chi connectivity index (χ0n) is 14.8. The topological polar surface area (TPSA) is 61.4 Å². The molecule has 0 unspecified atom stereocenters. The van der Waals surface area contributed by atoms with Crippen LogP contribution in [0.4, 0.5) is 4.39 Å². The highest BCUT2D eigenvalue weighted by Gasteiger charge is 2.20. The van der Waals surface area contributed by atoms with Gasteiger partial charge in [-0.1, -0.05) is 0 Å². The minimum atomic E-state index is -0.218. The van der Waals surface area contributed by atoms with E-state index in [0.717, 1.165) is 61.9 Å². The number of halogens is 1. The van der Waals surface area contributed by atoms with Gasteiger partial charge in [0.2, 0.25) is 0 Å². The van der Waals surface area contributed by atoms with Crippen LogP contribution in [0.15, 0.2) is 29.4 Å². The van der Waals surface area contributed by atoms with Crippen LogP contribution < -0.4 is 10.6 Å². The van der Waals surface area contributed by atoms with Gasteiger partial charge in [-0.3, -0.25) is 4.99 Å². The maximum atomic E-state index is 13.2. The summed E-state index contributed by atoms with van der Waals surface area (Å²) in [6.07, 6.45) is 6.43. The molecule has 1 saturated carbocycles. The Morgan fingerprint density at radius 3 is 2.96 bits per heavy atom. The molecule has 0 atom stereocenters. The number of hydrogen-bond acceptors (Lipinski definition) is 2. The van der Waals surface area contributed by atoms with Gasteiger partial charge in [-0.05, 0) is 55.4 Å². The van der Waals surface area contributed by atoms with Crippen LogP contribution in [0.5, 0.6) is 0 Å². The number of hydrogen-bond donors (Lipinski definition) is 3. The molecule has 1 aromatic carbocycles. The molecule has 2 aromatic rings. The molecular formula is C19H27FN4O. The lowest BCUT2D eigenvalue weighted by atomic mass is 10.1. The number of aromatic amines is 1. The van der Waals surface area contributed by atoms with Crippen molar-refractivity contribution >= 4 is 16.9 Å². The highest BCUT2D eigenvalue weighted by molar-refractivity contribution is 5.83. The van der Waals surface area contributed by atoms with Gasteiger partial charge in [0.25, 0.3) is 0 Å². The summed E-state index contributed by atoms with van der Waals surface area (Å²) in [4.78, 5) is 7.35. The highest BCUT2D eigenvalue weighted by Crippen LogP contribution is 2.28. The molecule has 0 amide bonds. The Morgan fingerprint density at radius 2 is 2.16 bits per heavy atom. The van der Waals surface area contributed by atoms with Gasteiger partial charge in [0.05, 0.1) is 0 Å². The van der Waals surface area contributed by atoms with Gasteiger partial charge < -0.3 is 20.4 Å². The van der Waals surface area contributed by atoms with Crippen molar-refractivity contribution in [3.8, 4) is 0 Å². The number of nitrogens with one attached hydrogen (secondary N) is 3. The predicted molar refractivity (Wildman–Crippen MR) is 99.5 cm³/mol. The number of aromatic nitrogens is 1. The van der Waals surface area contributed by atoms with E-state index in [1.807, 2.05) is 12.3 Å². The number of aliphatic imine (C=N–C) groups is 1. The van der Waals surface area contributed by atoms with E-state index in [2.05, 4.69) is 20.6 Å². The average Bonchev–Trinajstić information content (AvgIpc) is 3.36. The van der Waals surface area contributed by atoms with Crippen molar-refractivity contribution in [2.45, 2.75) is 25.7 Å². The first-order valence-electron chi connectivity index (χ1n) is 9.04. The van der Waals surface area contributed by atoms with Crippen LogP contribution >= 0.6 is 0 Å². The molecule has 1 aromatic heterocycles. The fourth-order valence-electron chi connectivity index (χ4n) is 2.82. The van der Waals surface area contributed by atoms with Crippen LogP contribution in [0.2, 0.25) is 0 Å². The van der Waals surface area contributed by atoms with Crippen molar-refractivity contribution in [2.24, 2.45) is 10.9 Å². The van der Waals surface area contributed by atoms with Gasteiger partial charge in [-0.15, -0.1) is 0 Å². The number of guanidine groups is 1. The van der Waals surface area contributed by atoms with Crippen molar-refractivity contribution in [3.63, 3.8) is 0 Å². The van der Waals surface area contributed by atoms with Crippen LogP contribution in [0.3, 0.4) is 0 Å². The monoisotopic (exact) mass is 346 g/mol. The van der Waals surface area contributed by atoms with Gasteiger partial charge in [-0.2, -0.15) is 0 Å². The zero-order valence-corrected chi connectivity index (χ0v) is 14.8. The third-order valence-electron chi connectivity index (χ3n) is 4.45. The van der Waals surface area contributed by atoms with Crippen LogP contribution in [0.25, 0.3) is 10.9 Å². The summed E-state index contributed by atoms with van der Waals surface area (Å²) in [6.45, 7) is 3.33. The van der Waals surface area contributed by atoms with Crippen LogP contribution in [-0.4, -0.2) is 44.3 Å². The number of nitrogens with zero attached hydrogens (tertiary/aromatic N) is 1. The Labute approximate surface area is 148 Å². The fraction of sp³-hybridized carbons (Fsp3) is 0.526. The summed E-state index contributed by atoms with van der Waals surface area (Å²) < 4.78 is 18.8. The fourth-order valence-corrected chi connectivity index (χ4v) is 2.82. The van der Waals surface area contributed by atoms with Crippen molar-refractivity contribution in [3.05, 3.63) is 35.8 Å². The number of ether oxygens (including phenoxy) is 1. The summed E-state index contributed by atoms with van der Waals surface area (Å²) in [5.41, 5.74) is 2.01. The molecule has 0 spiro atoms. The minimum absolute atomic E-state index is 0.218. The van der Waals surface area contributed by atoms with Gasteiger partial charge in [0, 0.05) is 50.5 Å². The van der Waals surface area contributed by atoms with Gasteiger partial charge in [0.1, 0.15) is 5.82 Å². The van der Waals surface area contributed by atoms with Crippen molar-refractivity contribution in [2.75, 3.05) is 33.4 Å². The Bertz CT molecular complexity index is 709. The first kappa shape index (κ1) is 17.7. The molecule has 0 bridgehead atoms. The summed E-state index contributed by atoms with van der Waals surface area (Å²) in [5, 5.41) is 7.68. The Balaban J connectivity index is 1.34. The molecule has 0 radical (unpaired) electrons. The van der Waals surface area contributed by atoms with Crippen molar-refractivity contribution in [1.82, 2.24) is 15.6 Å². The largest absolute Gasteiger partial charge is 0.381 e. The second-order valence-electron chi connectivity index (χ2n) is 6.55. The summed E-state index contributed by atoms with van der Waals surface area (Å²) in [6, 6.07) is 4.85. The molecule has 25 heavy (non-hydrogen) atoms. The van der Waals surface area contributed by atoms with Gasteiger partial charge in [-0.25, -0.2) is 4.39 Å². The molecule has 1 fully saturated rings. The van der Waals surface area contributed by atoms with E-state index in [-0.39, 0.29) is 5.82 Å². The standard InChI is InChI=1S/C19H27FN4O/c1-21-19(22-8-2-10-25-13-14-3-4-14)23-9-7-15-12-24-18-11-16(20)5-6-17(15)18/h5-6,11-12,14,24H,2-4,7-10,13H2,1H3,(H2,21,22,23). The quantitative estimate of drug-likeness (QED) is 0.372. The average molecular weight is 346 g/mol. The lowest BCUT2D eigenvalue weighted by Gasteiger charge is -2.11. The molecule has 0 aliphatic heterocycles. The minimum Gasteiger partial charge on any atom is -0.381 e. The molecule has 1 heterocycles. The number of benzene rings is 1. The normalized spacial score (nSPS) is 14.9. The molecule has 0 saturated heterocycles. The predicted octanol–water partition coefficient (Wildman–Crippen LogP) is 2.83. The summed E-state index contributed by atoms with van der Waals surface area (Å²) in [7, 11) is 1.77. The Hall–Kier alpha value is -2.08. The number of H-pyrrole nitrogens is 1. The lowest BCUT2D eigenvalue weighted by Crippen LogP contribution is -2.39. The van der Waals surface area contributed by atoms with Crippen molar-refractivity contribution in [1.29, 1.82) is 0 Å². The van der Waals surface area contributed by atoms with E-state index >= 15 is 0 Å². The van der Waals surface area contributed by atoms with Gasteiger partial charge in [0.15, 0.2) is 5.96 Å². The smallest absolute Gasteiger partial charge is 0.190 e. The third kappa shape index (κ3) is 5.46. The molecule has 3 N–H and O–H groups in total. The van der Waals surface area contributed by atoms with Crippen LogP contribution in [0, 0.1) is 11.7 Å². The van der Waals surface area contributed by atoms with E-state index in [4.69, 9.17) is 4.74 Å². The van der Waals surface area contributed by atoms with E-state index in [9.17, 15) is 4.39 Å².